The summed E-state index contributed by atoms with van der Waals surface area (Å²) in [5.74, 6) is 3.66. The van der Waals surface area contributed by atoms with Crippen molar-refractivity contribution in [2.24, 2.45) is 23.7 Å². The van der Waals surface area contributed by atoms with Crippen LogP contribution in [0, 0.1) is 23.7 Å². The average molecular weight is 258 g/mol. The Morgan fingerprint density at radius 3 is 2.59 bits per heavy atom. The van der Waals surface area contributed by atoms with E-state index in [-0.39, 0.29) is 0 Å². The van der Waals surface area contributed by atoms with Crippen molar-refractivity contribution in [2.75, 3.05) is 12.4 Å². The van der Waals surface area contributed by atoms with Crippen LogP contribution >= 0.6 is 11.6 Å². The molecule has 3 heteroatoms. The number of rotatable bonds is 7. The zero-order valence-corrected chi connectivity index (χ0v) is 11.5. The maximum absolute atomic E-state index is 12.0. The molecule has 0 saturated heterocycles. The van der Waals surface area contributed by atoms with E-state index in [1.165, 1.54) is 19.3 Å². The van der Waals surface area contributed by atoms with E-state index < -0.39 is 0 Å². The summed E-state index contributed by atoms with van der Waals surface area (Å²) in [6.07, 6.45) is 7.03. The largest absolute Gasteiger partial charge is 0.356 e. The predicted octanol–water partition coefficient (Wildman–Crippen LogP) is 3.19. The van der Waals surface area contributed by atoms with Crippen molar-refractivity contribution < 1.29 is 4.79 Å². The van der Waals surface area contributed by atoms with Gasteiger partial charge in [0, 0.05) is 18.3 Å². The van der Waals surface area contributed by atoms with Gasteiger partial charge in [-0.05, 0) is 49.9 Å². The number of amides is 1. The van der Waals surface area contributed by atoms with Crippen molar-refractivity contribution in [3.05, 3.63) is 0 Å². The maximum atomic E-state index is 12.0. The quantitative estimate of drug-likeness (QED) is 0.698. The molecule has 1 N–H and O–H groups in total. The lowest BCUT2D eigenvalue weighted by Gasteiger charge is -2.18. The van der Waals surface area contributed by atoms with Gasteiger partial charge in [-0.1, -0.05) is 13.3 Å². The van der Waals surface area contributed by atoms with Gasteiger partial charge in [0.1, 0.15) is 0 Å². The van der Waals surface area contributed by atoms with Gasteiger partial charge in [0.15, 0.2) is 0 Å². The van der Waals surface area contributed by atoms with Gasteiger partial charge in [-0.25, -0.2) is 0 Å². The van der Waals surface area contributed by atoms with Crippen molar-refractivity contribution in [3.63, 3.8) is 0 Å². The first-order valence-electron chi connectivity index (χ1n) is 7.08. The van der Waals surface area contributed by atoms with E-state index in [0.717, 1.165) is 37.6 Å². The number of hydrogen-bond acceptors (Lipinski definition) is 1. The fraction of sp³-hybridized carbons (Fsp3) is 0.929. The van der Waals surface area contributed by atoms with E-state index in [2.05, 4.69) is 12.2 Å². The van der Waals surface area contributed by atoms with Gasteiger partial charge in [0.25, 0.3) is 0 Å². The third kappa shape index (κ3) is 3.61. The Morgan fingerprint density at radius 2 is 2.00 bits per heavy atom. The Hall–Kier alpha value is -0.240. The van der Waals surface area contributed by atoms with Crippen molar-refractivity contribution in [2.45, 2.75) is 45.4 Å². The van der Waals surface area contributed by atoms with Crippen LogP contribution < -0.4 is 5.32 Å². The van der Waals surface area contributed by atoms with Crippen LogP contribution in [0.5, 0.6) is 0 Å². The summed E-state index contributed by atoms with van der Waals surface area (Å²) in [7, 11) is 0. The Labute approximate surface area is 109 Å². The molecule has 2 nitrogen and oxygen atoms in total. The number of alkyl halides is 1. The molecule has 2 rings (SSSR count). The molecule has 0 aromatic heterocycles. The van der Waals surface area contributed by atoms with E-state index in [1.807, 2.05) is 0 Å². The molecule has 2 aliphatic rings. The molecule has 0 aromatic rings. The number of fused-ring (bicyclic) bond motifs is 1. The fourth-order valence-corrected chi connectivity index (χ4v) is 3.54. The van der Waals surface area contributed by atoms with E-state index >= 15 is 0 Å². The lowest BCUT2D eigenvalue weighted by Crippen LogP contribution is -2.34. The third-order valence-electron chi connectivity index (χ3n) is 4.39. The first-order valence-corrected chi connectivity index (χ1v) is 7.61. The number of hydrogen-bond donors (Lipinski definition) is 1. The van der Waals surface area contributed by atoms with Crippen molar-refractivity contribution >= 4 is 17.5 Å². The van der Waals surface area contributed by atoms with E-state index in [1.54, 1.807) is 0 Å². The minimum atomic E-state index is 0.299. The highest BCUT2D eigenvalue weighted by Gasteiger charge is 2.47. The molecule has 98 valence electrons. The topological polar surface area (TPSA) is 29.1 Å². The number of halogens is 1. The molecular formula is C14H24ClNO. The van der Waals surface area contributed by atoms with Gasteiger partial charge in [-0.2, -0.15) is 0 Å². The predicted molar refractivity (Wildman–Crippen MR) is 71.1 cm³/mol. The highest BCUT2D eigenvalue weighted by atomic mass is 35.5. The summed E-state index contributed by atoms with van der Waals surface area (Å²) in [6.45, 7) is 3.01. The molecule has 1 amide bonds. The Morgan fingerprint density at radius 1 is 1.29 bits per heavy atom. The molecule has 0 aromatic carbocycles. The normalized spacial score (nSPS) is 32.0. The third-order valence-corrected chi connectivity index (χ3v) is 4.61. The van der Waals surface area contributed by atoms with Gasteiger partial charge >= 0.3 is 0 Å². The minimum absolute atomic E-state index is 0.299. The Kier molecular flexibility index (Phi) is 4.72. The Balaban J connectivity index is 1.66. The summed E-state index contributed by atoms with van der Waals surface area (Å²) >= 11 is 5.79. The molecule has 2 aliphatic carbocycles. The lowest BCUT2D eigenvalue weighted by molar-refractivity contribution is -0.125. The molecule has 17 heavy (non-hydrogen) atoms. The van der Waals surface area contributed by atoms with Crippen molar-refractivity contribution in [3.8, 4) is 0 Å². The van der Waals surface area contributed by atoms with Crippen LogP contribution in [0.3, 0.4) is 0 Å². The average Bonchev–Trinajstić information content (AvgIpc) is 2.93. The van der Waals surface area contributed by atoms with Crippen LogP contribution in [0.25, 0.3) is 0 Å². The molecule has 2 fully saturated rings. The monoisotopic (exact) mass is 257 g/mol. The molecule has 0 bridgehead atoms. The summed E-state index contributed by atoms with van der Waals surface area (Å²) in [5.41, 5.74) is 0. The van der Waals surface area contributed by atoms with Crippen LogP contribution in [0.2, 0.25) is 0 Å². The van der Waals surface area contributed by atoms with Gasteiger partial charge in [-0.3, -0.25) is 4.79 Å². The second-order valence-corrected chi connectivity index (χ2v) is 6.18. The second-order valence-electron chi connectivity index (χ2n) is 5.80. The SMILES string of the molecule is CCCC(CCCl)CNC(=O)C1CC2CC2C1. The summed E-state index contributed by atoms with van der Waals surface area (Å²) < 4.78 is 0. The molecule has 3 unspecified atom stereocenters. The summed E-state index contributed by atoms with van der Waals surface area (Å²) in [5, 5.41) is 3.14. The standard InChI is InChI=1S/C14H24ClNO/c1-2-3-10(4-5-15)9-16-14(17)13-7-11-6-12(11)8-13/h10-13H,2-9H2,1H3,(H,16,17). The van der Waals surface area contributed by atoms with Gasteiger partial charge in [-0.15, -0.1) is 11.6 Å². The minimum Gasteiger partial charge on any atom is -0.356 e. The molecule has 0 aliphatic heterocycles. The first kappa shape index (κ1) is 13.2. The van der Waals surface area contributed by atoms with E-state index in [9.17, 15) is 4.79 Å². The van der Waals surface area contributed by atoms with Gasteiger partial charge < -0.3 is 5.32 Å². The molecular weight excluding hydrogens is 234 g/mol. The van der Waals surface area contributed by atoms with Crippen LogP contribution in [0.4, 0.5) is 0 Å². The molecule has 2 saturated carbocycles. The van der Waals surface area contributed by atoms with Crippen LogP contribution in [-0.2, 0) is 4.79 Å². The molecule has 0 radical (unpaired) electrons. The van der Waals surface area contributed by atoms with Crippen molar-refractivity contribution in [1.82, 2.24) is 5.32 Å². The number of carbonyl (C=O) groups is 1. The maximum Gasteiger partial charge on any atom is 0.223 e. The summed E-state index contributed by atoms with van der Waals surface area (Å²) in [4.78, 5) is 12.0. The highest BCUT2D eigenvalue weighted by Crippen LogP contribution is 2.54. The van der Waals surface area contributed by atoms with E-state index in [0.29, 0.717) is 23.6 Å². The van der Waals surface area contributed by atoms with Crippen molar-refractivity contribution in [1.29, 1.82) is 0 Å². The van der Waals surface area contributed by atoms with E-state index in [4.69, 9.17) is 11.6 Å². The lowest BCUT2D eigenvalue weighted by atomic mass is 9.99. The van der Waals surface area contributed by atoms with Crippen LogP contribution in [0.15, 0.2) is 0 Å². The van der Waals surface area contributed by atoms with Gasteiger partial charge in [0.2, 0.25) is 5.91 Å². The zero-order valence-electron chi connectivity index (χ0n) is 10.8. The molecule has 0 spiro atoms. The number of nitrogens with one attached hydrogen (secondary N) is 1. The first-order chi connectivity index (χ1) is 8.24. The Bertz CT molecular complexity index is 253. The molecule has 3 atom stereocenters. The summed E-state index contributed by atoms with van der Waals surface area (Å²) in [6, 6.07) is 0. The fourth-order valence-electron chi connectivity index (χ4n) is 3.23. The smallest absolute Gasteiger partial charge is 0.223 e. The van der Waals surface area contributed by atoms with Gasteiger partial charge in [0.05, 0.1) is 0 Å². The number of carbonyl (C=O) groups excluding carboxylic acids is 1. The highest BCUT2D eigenvalue weighted by molar-refractivity contribution is 6.17. The molecule has 0 heterocycles. The van der Waals surface area contributed by atoms with Crippen LogP contribution in [-0.4, -0.2) is 18.3 Å². The second kappa shape index (κ2) is 6.08. The zero-order chi connectivity index (χ0) is 12.3. The van der Waals surface area contributed by atoms with Crippen LogP contribution in [0.1, 0.15) is 45.4 Å².